The van der Waals surface area contributed by atoms with Crippen LogP contribution in [0.15, 0.2) is 84.0 Å². The Morgan fingerprint density at radius 2 is 1.79 bits per heavy atom. The van der Waals surface area contributed by atoms with Crippen LogP contribution in [0.5, 0.6) is 5.75 Å². The van der Waals surface area contributed by atoms with Crippen LogP contribution in [0.25, 0.3) is 16.9 Å². The fourth-order valence-electron chi connectivity index (χ4n) is 3.89. The van der Waals surface area contributed by atoms with Crippen LogP contribution in [0, 0.1) is 24.1 Å². The fourth-order valence-corrected chi connectivity index (χ4v) is 3.89. The molecular formula is C28H24FN3O2. The Hall–Kier alpha value is -4.37. The highest BCUT2D eigenvalue weighted by atomic mass is 19.1. The fraction of sp³-hybridized carbons (Fsp3) is 0.143. The zero-order chi connectivity index (χ0) is 24.1. The first-order chi connectivity index (χ1) is 16.5. The van der Waals surface area contributed by atoms with Crippen LogP contribution in [0.4, 0.5) is 4.39 Å². The molecule has 0 saturated heterocycles. The Bertz CT molecular complexity index is 1380. The largest absolute Gasteiger partial charge is 0.497 e. The van der Waals surface area contributed by atoms with Gasteiger partial charge in [-0.3, -0.25) is 0 Å². The molecule has 0 N–H and O–H groups in total. The number of hydrogen-bond acceptors (Lipinski definition) is 4. The predicted octanol–water partition coefficient (Wildman–Crippen LogP) is 6.41. The second kappa shape index (κ2) is 10.1. The van der Waals surface area contributed by atoms with Crippen molar-refractivity contribution < 1.29 is 14.0 Å². The molecule has 0 atom stereocenters. The summed E-state index contributed by atoms with van der Waals surface area (Å²) in [6.07, 6.45) is 0. The molecule has 0 saturated carbocycles. The van der Waals surface area contributed by atoms with Crippen molar-refractivity contribution in [1.29, 1.82) is 5.26 Å². The highest BCUT2D eigenvalue weighted by molar-refractivity contribution is 6.01. The van der Waals surface area contributed by atoms with Crippen LogP contribution < -0.4 is 4.74 Å². The zero-order valence-electron chi connectivity index (χ0n) is 19.2. The summed E-state index contributed by atoms with van der Waals surface area (Å²) in [6, 6.07) is 25.6. The van der Waals surface area contributed by atoms with Crippen LogP contribution in [0.1, 0.15) is 29.3 Å². The molecule has 0 amide bonds. The number of halogens is 1. The van der Waals surface area contributed by atoms with Gasteiger partial charge in [-0.05, 0) is 67.9 Å². The summed E-state index contributed by atoms with van der Waals surface area (Å²) in [5.41, 5.74) is 6.57. The Balaban J connectivity index is 1.73. The van der Waals surface area contributed by atoms with Crippen LogP contribution in [-0.4, -0.2) is 17.4 Å². The number of aromatic nitrogens is 1. The first-order valence-corrected chi connectivity index (χ1v) is 10.8. The standard InChI is InChI=1S/C28H24FN3O2/c1-19(31-34-18-23-8-5-4-7-22(23)17-30)27-16-28(21-11-13-24(29)14-12-21)32(20(27)2)25-9-6-10-26(15-25)33-3/h4-16H,18H2,1-3H3/b31-19-. The third-order valence-corrected chi connectivity index (χ3v) is 5.65. The number of benzene rings is 3. The number of hydrogen-bond donors (Lipinski definition) is 0. The van der Waals surface area contributed by atoms with Crippen molar-refractivity contribution in [2.75, 3.05) is 7.11 Å². The van der Waals surface area contributed by atoms with Crippen molar-refractivity contribution in [2.45, 2.75) is 20.5 Å². The summed E-state index contributed by atoms with van der Waals surface area (Å²) < 4.78 is 21.1. The van der Waals surface area contributed by atoms with E-state index in [1.807, 2.05) is 62.4 Å². The molecule has 1 aromatic heterocycles. The second-order valence-corrected chi connectivity index (χ2v) is 7.79. The molecule has 4 aromatic rings. The number of nitriles is 1. The molecule has 0 aliphatic rings. The molecule has 0 bridgehead atoms. The van der Waals surface area contributed by atoms with Crippen molar-refractivity contribution in [3.63, 3.8) is 0 Å². The zero-order valence-corrected chi connectivity index (χ0v) is 19.2. The molecule has 1 heterocycles. The quantitative estimate of drug-likeness (QED) is 0.240. The van der Waals surface area contributed by atoms with Gasteiger partial charge in [0.05, 0.1) is 30.1 Å². The van der Waals surface area contributed by atoms with E-state index in [9.17, 15) is 9.65 Å². The van der Waals surface area contributed by atoms with E-state index in [-0.39, 0.29) is 12.4 Å². The lowest BCUT2D eigenvalue weighted by atomic mass is 10.1. The lowest BCUT2D eigenvalue weighted by Crippen LogP contribution is -2.03. The highest BCUT2D eigenvalue weighted by Crippen LogP contribution is 2.31. The third kappa shape index (κ3) is 4.69. The maximum atomic E-state index is 13.6. The van der Waals surface area contributed by atoms with E-state index in [1.165, 1.54) is 12.1 Å². The Morgan fingerprint density at radius 1 is 1.03 bits per heavy atom. The summed E-state index contributed by atoms with van der Waals surface area (Å²) >= 11 is 0. The van der Waals surface area contributed by atoms with Crippen LogP contribution in [0.3, 0.4) is 0 Å². The van der Waals surface area contributed by atoms with E-state index < -0.39 is 0 Å². The maximum Gasteiger partial charge on any atom is 0.143 e. The van der Waals surface area contributed by atoms with E-state index in [1.54, 1.807) is 25.3 Å². The van der Waals surface area contributed by atoms with E-state index in [4.69, 9.17) is 9.57 Å². The topological polar surface area (TPSA) is 59.5 Å². The van der Waals surface area contributed by atoms with Crippen molar-refractivity contribution >= 4 is 5.71 Å². The number of nitrogens with zero attached hydrogens (tertiary/aromatic N) is 3. The smallest absolute Gasteiger partial charge is 0.143 e. The molecule has 170 valence electrons. The van der Waals surface area contributed by atoms with Gasteiger partial charge < -0.3 is 14.1 Å². The van der Waals surface area contributed by atoms with Gasteiger partial charge in [-0.1, -0.05) is 29.4 Å². The summed E-state index contributed by atoms with van der Waals surface area (Å²) in [5, 5.41) is 13.6. The normalized spacial score (nSPS) is 11.2. The maximum absolute atomic E-state index is 13.6. The van der Waals surface area contributed by atoms with Crippen LogP contribution >= 0.6 is 0 Å². The Morgan fingerprint density at radius 3 is 2.53 bits per heavy atom. The first kappa shape index (κ1) is 22.8. The monoisotopic (exact) mass is 453 g/mol. The Labute approximate surface area is 198 Å². The lowest BCUT2D eigenvalue weighted by molar-refractivity contribution is 0.130. The summed E-state index contributed by atoms with van der Waals surface area (Å²) in [6.45, 7) is 4.08. The summed E-state index contributed by atoms with van der Waals surface area (Å²) in [7, 11) is 1.63. The van der Waals surface area contributed by atoms with Gasteiger partial charge in [0.2, 0.25) is 0 Å². The van der Waals surface area contributed by atoms with Gasteiger partial charge in [-0.15, -0.1) is 0 Å². The second-order valence-electron chi connectivity index (χ2n) is 7.79. The van der Waals surface area contributed by atoms with Gasteiger partial charge in [0.15, 0.2) is 0 Å². The lowest BCUT2D eigenvalue weighted by Gasteiger charge is -2.13. The molecule has 34 heavy (non-hydrogen) atoms. The van der Waals surface area contributed by atoms with Gasteiger partial charge in [0, 0.05) is 28.6 Å². The average Bonchev–Trinajstić information content (AvgIpc) is 3.21. The minimum absolute atomic E-state index is 0.196. The molecule has 0 aliphatic carbocycles. The Kier molecular flexibility index (Phi) is 6.74. The number of rotatable bonds is 7. The van der Waals surface area contributed by atoms with Gasteiger partial charge in [0.25, 0.3) is 0 Å². The molecule has 0 fully saturated rings. The molecule has 3 aromatic carbocycles. The molecule has 5 nitrogen and oxygen atoms in total. The molecule has 0 unspecified atom stereocenters. The van der Waals surface area contributed by atoms with E-state index >= 15 is 0 Å². The van der Waals surface area contributed by atoms with Gasteiger partial charge >= 0.3 is 0 Å². The first-order valence-electron chi connectivity index (χ1n) is 10.8. The molecule has 6 heteroatoms. The third-order valence-electron chi connectivity index (χ3n) is 5.65. The molecule has 0 spiro atoms. The highest BCUT2D eigenvalue weighted by Gasteiger charge is 2.17. The van der Waals surface area contributed by atoms with Crippen molar-refractivity contribution in [1.82, 2.24) is 4.57 Å². The number of methoxy groups -OCH3 is 1. The van der Waals surface area contributed by atoms with E-state index in [0.717, 1.165) is 39.5 Å². The average molecular weight is 454 g/mol. The van der Waals surface area contributed by atoms with Gasteiger partial charge in [0.1, 0.15) is 18.2 Å². The van der Waals surface area contributed by atoms with Crippen molar-refractivity contribution in [3.05, 3.63) is 107 Å². The van der Waals surface area contributed by atoms with Gasteiger partial charge in [-0.2, -0.15) is 5.26 Å². The summed E-state index contributed by atoms with van der Waals surface area (Å²) in [4.78, 5) is 5.60. The minimum atomic E-state index is -0.288. The van der Waals surface area contributed by atoms with Crippen LogP contribution in [0.2, 0.25) is 0 Å². The SMILES string of the molecule is COc1cccc(-n2c(-c3ccc(F)cc3)cc(/C(C)=N\OCc3ccccc3C#N)c2C)c1. The summed E-state index contributed by atoms with van der Waals surface area (Å²) in [5.74, 6) is 0.450. The van der Waals surface area contributed by atoms with Crippen molar-refractivity contribution in [3.8, 4) is 28.8 Å². The molecule has 0 aliphatic heterocycles. The molecular weight excluding hydrogens is 429 g/mol. The van der Waals surface area contributed by atoms with E-state index in [0.29, 0.717) is 11.3 Å². The molecule has 4 rings (SSSR count). The number of ether oxygens (including phenoxy) is 1. The van der Waals surface area contributed by atoms with E-state index in [2.05, 4.69) is 15.8 Å². The van der Waals surface area contributed by atoms with Gasteiger partial charge in [-0.25, -0.2) is 4.39 Å². The number of oxime groups is 1. The van der Waals surface area contributed by atoms with Crippen LogP contribution in [-0.2, 0) is 11.4 Å². The minimum Gasteiger partial charge on any atom is -0.497 e. The van der Waals surface area contributed by atoms with Crippen molar-refractivity contribution in [2.24, 2.45) is 5.16 Å². The molecule has 0 radical (unpaired) electrons. The predicted molar refractivity (Wildman–Crippen MR) is 131 cm³/mol.